The van der Waals surface area contributed by atoms with Gasteiger partial charge in [-0.3, -0.25) is 10.2 Å². The van der Waals surface area contributed by atoms with Gasteiger partial charge in [0.25, 0.3) is 0 Å². The molecule has 1 N–H and O–H groups in total. The predicted octanol–water partition coefficient (Wildman–Crippen LogP) is 1.59. The zero-order chi connectivity index (χ0) is 12.6. The Hall–Kier alpha value is -1.49. The molecule has 1 aromatic carbocycles. The number of carbonyl (C=O) groups is 1. The Morgan fingerprint density at radius 3 is 2.47 bits per heavy atom. The molecule has 0 atom stereocenters. The van der Waals surface area contributed by atoms with Crippen molar-refractivity contribution >= 4 is 5.91 Å². The number of hydrazine groups is 1. The van der Waals surface area contributed by atoms with Gasteiger partial charge < -0.3 is 0 Å². The molecule has 0 radical (unpaired) electrons. The highest BCUT2D eigenvalue weighted by Gasteiger charge is 2.53. The van der Waals surface area contributed by atoms with Gasteiger partial charge in [0.15, 0.2) is 0 Å². The van der Waals surface area contributed by atoms with Crippen molar-refractivity contribution in [3.8, 4) is 0 Å². The van der Waals surface area contributed by atoms with Crippen LogP contribution in [0, 0.1) is 11.6 Å². The average Bonchev–Trinajstić information content (AvgIpc) is 2.97. The largest absolute Gasteiger partial charge is 0.289 e. The van der Waals surface area contributed by atoms with Gasteiger partial charge in [-0.05, 0) is 18.9 Å². The van der Waals surface area contributed by atoms with Gasteiger partial charge >= 0.3 is 0 Å². The van der Waals surface area contributed by atoms with Crippen molar-refractivity contribution in [1.82, 2.24) is 10.4 Å². The van der Waals surface area contributed by atoms with E-state index in [1.54, 1.807) is 14.1 Å². The summed E-state index contributed by atoms with van der Waals surface area (Å²) in [5.41, 5.74) is 2.08. The molecule has 0 saturated heterocycles. The molecule has 17 heavy (non-hydrogen) atoms. The topological polar surface area (TPSA) is 32.3 Å². The Morgan fingerprint density at radius 1 is 1.35 bits per heavy atom. The third-order valence-electron chi connectivity index (χ3n) is 2.96. The molecule has 0 aliphatic heterocycles. The summed E-state index contributed by atoms with van der Waals surface area (Å²) >= 11 is 0. The van der Waals surface area contributed by atoms with Gasteiger partial charge in [0, 0.05) is 25.7 Å². The number of carbonyl (C=O) groups excluding carboxylic acids is 1. The predicted molar refractivity (Wildman–Crippen MR) is 59.1 cm³/mol. The van der Waals surface area contributed by atoms with Crippen LogP contribution in [-0.4, -0.2) is 25.0 Å². The molecule has 1 aliphatic carbocycles. The van der Waals surface area contributed by atoms with E-state index in [2.05, 4.69) is 5.43 Å². The second-order valence-corrected chi connectivity index (χ2v) is 4.54. The van der Waals surface area contributed by atoms with Crippen LogP contribution in [0.1, 0.15) is 18.4 Å². The van der Waals surface area contributed by atoms with E-state index in [-0.39, 0.29) is 11.5 Å². The van der Waals surface area contributed by atoms with E-state index >= 15 is 0 Å². The van der Waals surface area contributed by atoms with Gasteiger partial charge in [0.1, 0.15) is 11.6 Å². The van der Waals surface area contributed by atoms with E-state index in [9.17, 15) is 13.6 Å². The second-order valence-electron chi connectivity index (χ2n) is 4.54. The van der Waals surface area contributed by atoms with Crippen molar-refractivity contribution in [2.75, 3.05) is 14.1 Å². The Bertz CT molecular complexity index is 456. The minimum Gasteiger partial charge on any atom is -0.289 e. The van der Waals surface area contributed by atoms with Crippen LogP contribution >= 0.6 is 0 Å². The van der Waals surface area contributed by atoms with Gasteiger partial charge in [-0.15, -0.1) is 0 Å². The Morgan fingerprint density at radius 2 is 2.00 bits per heavy atom. The van der Waals surface area contributed by atoms with E-state index in [1.165, 1.54) is 17.1 Å². The molecule has 1 amide bonds. The van der Waals surface area contributed by atoms with Gasteiger partial charge in [0.05, 0.1) is 5.41 Å². The van der Waals surface area contributed by atoms with E-state index in [0.717, 1.165) is 6.07 Å². The second kappa shape index (κ2) is 4.07. The van der Waals surface area contributed by atoms with E-state index in [1.807, 2.05) is 0 Å². The third-order valence-corrected chi connectivity index (χ3v) is 2.96. The van der Waals surface area contributed by atoms with Crippen LogP contribution in [0.2, 0.25) is 0 Å². The van der Waals surface area contributed by atoms with Crippen molar-refractivity contribution in [2.45, 2.75) is 18.3 Å². The smallest absolute Gasteiger partial charge is 0.245 e. The summed E-state index contributed by atoms with van der Waals surface area (Å²) in [6.07, 6.45) is 1.18. The van der Waals surface area contributed by atoms with Crippen LogP contribution < -0.4 is 5.43 Å². The van der Waals surface area contributed by atoms with Crippen LogP contribution in [0.25, 0.3) is 0 Å². The zero-order valence-corrected chi connectivity index (χ0v) is 9.76. The standard InChI is InChI=1S/C12H14F2N2O/c1-16(2)15-11(17)12(5-6-12)9-4-3-8(13)7-10(9)14/h3-4,7H,5-6H2,1-2H3,(H,15,17). The molecular weight excluding hydrogens is 226 g/mol. The molecule has 92 valence electrons. The normalized spacial score (nSPS) is 17.0. The molecule has 0 aromatic heterocycles. The third kappa shape index (κ3) is 2.15. The molecule has 0 spiro atoms. The van der Waals surface area contributed by atoms with Crippen molar-refractivity contribution in [2.24, 2.45) is 0 Å². The Kier molecular flexibility index (Phi) is 2.87. The lowest BCUT2D eigenvalue weighted by molar-refractivity contribution is -0.127. The summed E-state index contributed by atoms with van der Waals surface area (Å²) < 4.78 is 26.5. The molecule has 0 bridgehead atoms. The summed E-state index contributed by atoms with van der Waals surface area (Å²) in [5, 5.41) is 1.52. The molecule has 3 nitrogen and oxygen atoms in total. The lowest BCUT2D eigenvalue weighted by atomic mass is 9.94. The number of nitrogens with zero attached hydrogens (tertiary/aromatic N) is 1. The summed E-state index contributed by atoms with van der Waals surface area (Å²) in [5.74, 6) is -1.53. The summed E-state index contributed by atoms with van der Waals surface area (Å²) in [7, 11) is 3.38. The molecular formula is C12H14F2N2O. The Balaban J connectivity index is 2.29. The Labute approximate surface area is 98.4 Å². The molecule has 0 heterocycles. The molecule has 2 rings (SSSR count). The van der Waals surface area contributed by atoms with Gasteiger partial charge in [-0.1, -0.05) is 6.07 Å². The molecule has 1 aromatic rings. The SMILES string of the molecule is CN(C)NC(=O)C1(c2ccc(F)cc2F)CC1. The fraction of sp³-hybridized carbons (Fsp3) is 0.417. The molecule has 0 unspecified atom stereocenters. The highest BCUT2D eigenvalue weighted by Crippen LogP contribution is 2.49. The lowest BCUT2D eigenvalue weighted by Gasteiger charge is -2.19. The van der Waals surface area contributed by atoms with E-state index in [4.69, 9.17) is 0 Å². The number of hydrogen-bond donors (Lipinski definition) is 1. The highest BCUT2D eigenvalue weighted by molar-refractivity contribution is 5.90. The number of amides is 1. The van der Waals surface area contributed by atoms with Crippen LogP contribution in [0.5, 0.6) is 0 Å². The van der Waals surface area contributed by atoms with E-state index < -0.39 is 17.0 Å². The van der Waals surface area contributed by atoms with Crippen LogP contribution in [0.15, 0.2) is 18.2 Å². The van der Waals surface area contributed by atoms with Crippen LogP contribution in [0.3, 0.4) is 0 Å². The van der Waals surface area contributed by atoms with Crippen LogP contribution in [0.4, 0.5) is 8.78 Å². The summed E-state index contributed by atoms with van der Waals surface area (Å²) in [6.45, 7) is 0. The first-order chi connectivity index (χ1) is 7.95. The number of halogens is 2. The highest BCUT2D eigenvalue weighted by atomic mass is 19.1. The first-order valence-corrected chi connectivity index (χ1v) is 5.40. The maximum absolute atomic E-state index is 13.7. The first-order valence-electron chi connectivity index (χ1n) is 5.40. The molecule has 1 saturated carbocycles. The van der Waals surface area contributed by atoms with Gasteiger partial charge in [-0.2, -0.15) is 0 Å². The fourth-order valence-electron chi connectivity index (χ4n) is 1.93. The number of nitrogens with one attached hydrogen (secondary N) is 1. The van der Waals surface area contributed by atoms with Crippen molar-refractivity contribution < 1.29 is 13.6 Å². The maximum Gasteiger partial charge on any atom is 0.245 e. The lowest BCUT2D eigenvalue weighted by Crippen LogP contribution is -2.43. The monoisotopic (exact) mass is 240 g/mol. The maximum atomic E-state index is 13.7. The number of hydrogen-bond acceptors (Lipinski definition) is 2. The fourth-order valence-corrected chi connectivity index (χ4v) is 1.93. The minimum atomic E-state index is -0.817. The number of rotatable bonds is 3. The minimum absolute atomic E-state index is 0.243. The zero-order valence-electron chi connectivity index (χ0n) is 9.76. The quantitative estimate of drug-likeness (QED) is 0.814. The van der Waals surface area contributed by atoms with Crippen molar-refractivity contribution in [3.05, 3.63) is 35.4 Å². The van der Waals surface area contributed by atoms with Crippen molar-refractivity contribution in [3.63, 3.8) is 0 Å². The first kappa shape index (κ1) is 12.0. The summed E-state index contributed by atoms with van der Waals surface area (Å²) in [6, 6.07) is 3.35. The molecule has 1 aliphatic rings. The molecule has 5 heteroatoms. The van der Waals surface area contributed by atoms with Crippen molar-refractivity contribution in [1.29, 1.82) is 0 Å². The van der Waals surface area contributed by atoms with Gasteiger partial charge in [0.2, 0.25) is 5.91 Å². The summed E-state index contributed by atoms with van der Waals surface area (Å²) in [4.78, 5) is 12.0. The molecule has 1 fully saturated rings. The van der Waals surface area contributed by atoms with Crippen LogP contribution in [-0.2, 0) is 10.2 Å². The average molecular weight is 240 g/mol. The van der Waals surface area contributed by atoms with Gasteiger partial charge in [-0.25, -0.2) is 13.8 Å². The number of benzene rings is 1. The van der Waals surface area contributed by atoms with E-state index in [0.29, 0.717) is 12.8 Å².